The van der Waals surface area contributed by atoms with Gasteiger partial charge in [-0.3, -0.25) is 9.36 Å². The Morgan fingerprint density at radius 3 is 2.37 bits per heavy atom. The highest BCUT2D eigenvalue weighted by atomic mass is 35.5. The summed E-state index contributed by atoms with van der Waals surface area (Å²) in [5.41, 5.74) is 4.36. The molecule has 0 atom stereocenters. The average Bonchev–Trinajstić information content (AvgIpc) is 2.94. The van der Waals surface area contributed by atoms with Crippen LogP contribution in [-0.4, -0.2) is 19.6 Å². The van der Waals surface area contributed by atoms with Crippen LogP contribution in [0.25, 0.3) is 0 Å². The minimum absolute atomic E-state index is 0.686. The number of hydrogen-bond acceptors (Lipinski definition) is 2. The van der Waals surface area contributed by atoms with E-state index < -0.39 is 0 Å². The molecule has 0 spiro atoms. The number of rotatable bonds is 5. The third kappa shape index (κ3) is 2.68. The SMILES string of the molecule is CCc1cc(CC)n(Cc2c(Cl)c(CC)nn2C)n1. The minimum atomic E-state index is 0.686. The maximum absolute atomic E-state index is 6.39. The molecular weight excluding hydrogens is 260 g/mol. The molecule has 19 heavy (non-hydrogen) atoms. The number of aromatic nitrogens is 4. The Hall–Kier alpha value is -1.29. The highest BCUT2D eigenvalue weighted by Gasteiger charge is 2.15. The van der Waals surface area contributed by atoms with Gasteiger partial charge in [0.25, 0.3) is 0 Å². The van der Waals surface area contributed by atoms with E-state index in [1.165, 1.54) is 5.69 Å². The van der Waals surface area contributed by atoms with Crippen LogP contribution in [0.15, 0.2) is 6.07 Å². The Labute approximate surface area is 119 Å². The van der Waals surface area contributed by atoms with Gasteiger partial charge in [-0.1, -0.05) is 32.4 Å². The lowest BCUT2D eigenvalue weighted by Crippen LogP contribution is -2.10. The summed E-state index contributed by atoms with van der Waals surface area (Å²) in [7, 11) is 1.94. The lowest BCUT2D eigenvalue weighted by molar-refractivity contribution is 0.592. The Kier molecular flexibility index (Phi) is 4.30. The Bertz CT molecular complexity index is 568. The van der Waals surface area contributed by atoms with E-state index in [1.54, 1.807) is 0 Å². The molecule has 0 radical (unpaired) electrons. The third-order valence-corrected chi connectivity index (χ3v) is 3.88. The predicted molar refractivity (Wildman–Crippen MR) is 77.7 cm³/mol. The van der Waals surface area contributed by atoms with Crippen LogP contribution in [0.4, 0.5) is 0 Å². The van der Waals surface area contributed by atoms with Gasteiger partial charge in [0.15, 0.2) is 0 Å². The lowest BCUT2D eigenvalue weighted by Gasteiger charge is -2.07. The van der Waals surface area contributed by atoms with Crippen molar-refractivity contribution in [3.05, 3.63) is 33.9 Å². The molecule has 0 aromatic carbocycles. The summed E-state index contributed by atoms with van der Waals surface area (Å²) in [6.45, 7) is 7.03. The lowest BCUT2D eigenvalue weighted by atomic mass is 10.2. The molecule has 0 aliphatic carbocycles. The van der Waals surface area contributed by atoms with Crippen molar-refractivity contribution >= 4 is 11.6 Å². The third-order valence-electron chi connectivity index (χ3n) is 3.44. The normalized spacial score (nSPS) is 11.2. The molecule has 0 saturated heterocycles. The molecule has 2 rings (SSSR count). The molecule has 2 aromatic heterocycles. The highest BCUT2D eigenvalue weighted by molar-refractivity contribution is 6.31. The molecular formula is C14H21ClN4. The van der Waals surface area contributed by atoms with Crippen LogP contribution in [0.3, 0.4) is 0 Å². The Morgan fingerprint density at radius 2 is 1.84 bits per heavy atom. The van der Waals surface area contributed by atoms with E-state index in [9.17, 15) is 0 Å². The van der Waals surface area contributed by atoms with E-state index in [1.807, 2.05) is 16.4 Å². The zero-order chi connectivity index (χ0) is 14.0. The summed E-state index contributed by atoms with van der Waals surface area (Å²) < 4.78 is 3.91. The van der Waals surface area contributed by atoms with Crippen LogP contribution >= 0.6 is 11.6 Å². The first kappa shape index (κ1) is 14.1. The van der Waals surface area contributed by atoms with Crippen molar-refractivity contribution in [3.8, 4) is 0 Å². The summed E-state index contributed by atoms with van der Waals surface area (Å²) in [5, 5.41) is 9.86. The van der Waals surface area contributed by atoms with Crippen molar-refractivity contribution < 1.29 is 0 Å². The van der Waals surface area contributed by atoms with Crippen LogP contribution in [0, 0.1) is 0 Å². The number of halogens is 1. The van der Waals surface area contributed by atoms with Gasteiger partial charge >= 0.3 is 0 Å². The monoisotopic (exact) mass is 280 g/mol. The molecule has 0 bridgehead atoms. The maximum Gasteiger partial charge on any atom is 0.0869 e. The first-order valence-electron chi connectivity index (χ1n) is 6.86. The Morgan fingerprint density at radius 1 is 1.11 bits per heavy atom. The first-order chi connectivity index (χ1) is 9.10. The van der Waals surface area contributed by atoms with Crippen LogP contribution in [0.1, 0.15) is 43.5 Å². The van der Waals surface area contributed by atoms with Crippen molar-refractivity contribution in [1.29, 1.82) is 0 Å². The van der Waals surface area contributed by atoms with Crippen LogP contribution in [-0.2, 0) is 32.9 Å². The van der Waals surface area contributed by atoms with Crippen molar-refractivity contribution in [1.82, 2.24) is 19.6 Å². The fraction of sp³-hybridized carbons (Fsp3) is 0.571. The van der Waals surface area contributed by atoms with Crippen molar-refractivity contribution in [3.63, 3.8) is 0 Å². The van der Waals surface area contributed by atoms with Gasteiger partial charge in [-0.05, 0) is 25.3 Å². The van der Waals surface area contributed by atoms with E-state index >= 15 is 0 Å². The summed E-state index contributed by atoms with van der Waals surface area (Å²) in [5.74, 6) is 0. The van der Waals surface area contributed by atoms with Crippen LogP contribution in [0.5, 0.6) is 0 Å². The molecule has 0 fully saturated rings. The first-order valence-corrected chi connectivity index (χ1v) is 7.24. The number of aryl methyl sites for hydroxylation is 4. The van der Waals surface area contributed by atoms with Gasteiger partial charge in [-0.15, -0.1) is 0 Å². The van der Waals surface area contributed by atoms with E-state index in [0.29, 0.717) is 6.54 Å². The quantitative estimate of drug-likeness (QED) is 0.844. The van der Waals surface area contributed by atoms with Crippen molar-refractivity contribution in [2.75, 3.05) is 0 Å². The number of hydrogen-bond donors (Lipinski definition) is 0. The fourth-order valence-corrected chi connectivity index (χ4v) is 2.60. The molecule has 0 N–H and O–H groups in total. The second kappa shape index (κ2) is 5.78. The second-order valence-electron chi connectivity index (χ2n) is 4.68. The van der Waals surface area contributed by atoms with Gasteiger partial charge in [-0.25, -0.2) is 0 Å². The molecule has 2 aromatic rings. The fourth-order valence-electron chi connectivity index (χ4n) is 2.24. The average molecular weight is 281 g/mol. The molecule has 0 saturated carbocycles. The smallest absolute Gasteiger partial charge is 0.0869 e. The molecule has 0 aliphatic rings. The molecule has 4 nitrogen and oxygen atoms in total. The summed E-state index contributed by atoms with van der Waals surface area (Å²) in [4.78, 5) is 0. The van der Waals surface area contributed by atoms with Crippen LogP contribution in [0.2, 0.25) is 5.02 Å². The largest absolute Gasteiger partial charge is 0.269 e. The van der Waals surface area contributed by atoms with Gasteiger partial charge in [0.1, 0.15) is 0 Å². The van der Waals surface area contributed by atoms with Crippen molar-refractivity contribution in [2.45, 2.75) is 46.6 Å². The standard InChI is InChI=1S/C14H21ClN4/c1-5-10-8-11(6-2)19(16-10)9-13-14(15)12(7-3)17-18(13)4/h8H,5-7,9H2,1-4H3. The zero-order valence-corrected chi connectivity index (χ0v) is 12.8. The van der Waals surface area contributed by atoms with Gasteiger partial charge in [0, 0.05) is 12.7 Å². The van der Waals surface area contributed by atoms with E-state index in [0.717, 1.165) is 41.4 Å². The molecule has 2 heterocycles. The molecule has 0 unspecified atom stereocenters. The second-order valence-corrected chi connectivity index (χ2v) is 5.05. The van der Waals surface area contributed by atoms with Gasteiger partial charge in [-0.2, -0.15) is 10.2 Å². The zero-order valence-electron chi connectivity index (χ0n) is 12.1. The molecule has 5 heteroatoms. The highest BCUT2D eigenvalue weighted by Crippen LogP contribution is 2.22. The molecule has 0 aliphatic heterocycles. The minimum Gasteiger partial charge on any atom is -0.269 e. The predicted octanol–water partition coefficient (Wildman–Crippen LogP) is 3.01. The maximum atomic E-state index is 6.39. The van der Waals surface area contributed by atoms with E-state index in [2.05, 4.69) is 37.0 Å². The summed E-state index contributed by atoms with van der Waals surface area (Å²) in [6.07, 6.45) is 2.79. The summed E-state index contributed by atoms with van der Waals surface area (Å²) >= 11 is 6.39. The topological polar surface area (TPSA) is 35.6 Å². The summed E-state index contributed by atoms with van der Waals surface area (Å²) in [6, 6.07) is 2.17. The van der Waals surface area contributed by atoms with Gasteiger partial charge < -0.3 is 0 Å². The van der Waals surface area contributed by atoms with E-state index in [4.69, 9.17) is 11.6 Å². The Balaban J connectivity index is 2.35. The van der Waals surface area contributed by atoms with E-state index in [-0.39, 0.29) is 0 Å². The van der Waals surface area contributed by atoms with Gasteiger partial charge in [0.05, 0.1) is 28.6 Å². The number of nitrogens with zero attached hydrogens (tertiary/aromatic N) is 4. The molecule has 104 valence electrons. The molecule has 0 amide bonds. The van der Waals surface area contributed by atoms with Crippen LogP contribution < -0.4 is 0 Å². The van der Waals surface area contributed by atoms with Gasteiger partial charge in [0.2, 0.25) is 0 Å². The van der Waals surface area contributed by atoms with Crippen molar-refractivity contribution in [2.24, 2.45) is 7.05 Å².